The summed E-state index contributed by atoms with van der Waals surface area (Å²) in [5, 5.41) is 3.61. The van der Waals surface area contributed by atoms with Gasteiger partial charge in [-0.15, -0.1) is 24.0 Å². The number of furan rings is 1. The summed E-state index contributed by atoms with van der Waals surface area (Å²) in [5.74, 6) is 3.11. The van der Waals surface area contributed by atoms with Gasteiger partial charge in [-0.1, -0.05) is 6.07 Å². The molecule has 0 aromatic carbocycles. The number of guanidine groups is 1. The Balaban J connectivity index is 0.00000196. The fraction of sp³-hybridized carbons (Fsp3) is 0.474. The molecule has 2 aliphatic rings. The molecule has 1 aliphatic heterocycles. The molecule has 2 aromatic rings. The monoisotopic (exact) mass is 467 g/mol. The number of rotatable bonds is 5. The normalized spacial score (nSPS) is 17.8. The molecule has 0 atom stereocenters. The summed E-state index contributed by atoms with van der Waals surface area (Å²) in [5.41, 5.74) is 0. The molecule has 4 rings (SSSR count). The smallest absolute Gasteiger partial charge is 0.194 e. The van der Waals surface area contributed by atoms with E-state index >= 15 is 0 Å². The van der Waals surface area contributed by atoms with E-state index in [1.54, 1.807) is 6.26 Å². The largest absolute Gasteiger partial charge is 0.469 e. The van der Waals surface area contributed by atoms with Crippen molar-refractivity contribution in [2.75, 3.05) is 37.6 Å². The van der Waals surface area contributed by atoms with Crippen LogP contribution in [0.1, 0.15) is 18.6 Å². The number of piperazine rings is 1. The molecule has 6 nitrogen and oxygen atoms in total. The van der Waals surface area contributed by atoms with Gasteiger partial charge in [0, 0.05) is 51.4 Å². The molecule has 1 saturated heterocycles. The second-order valence-electron chi connectivity index (χ2n) is 6.62. The third kappa shape index (κ3) is 5.12. The molecule has 140 valence electrons. The van der Waals surface area contributed by atoms with E-state index in [2.05, 4.69) is 26.2 Å². The van der Waals surface area contributed by atoms with Crippen LogP contribution in [-0.4, -0.2) is 54.6 Å². The van der Waals surface area contributed by atoms with E-state index in [0.29, 0.717) is 6.04 Å². The van der Waals surface area contributed by atoms with Gasteiger partial charge in [0.2, 0.25) is 0 Å². The molecular formula is C19H26IN5O. The molecule has 2 aromatic heterocycles. The number of anilines is 1. The molecule has 0 bridgehead atoms. The number of hydrogen-bond donors (Lipinski definition) is 1. The van der Waals surface area contributed by atoms with Crippen LogP contribution >= 0.6 is 24.0 Å². The van der Waals surface area contributed by atoms with Gasteiger partial charge >= 0.3 is 0 Å². The van der Waals surface area contributed by atoms with Crippen molar-refractivity contribution < 1.29 is 4.42 Å². The second-order valence-corrected chi connectivity index (χ2v) is 6.62. The summed E-state index contributed by atoms with van der Waals surface area (Å²) >= 11 is 0. The Hall–Kier alpha value is -1.77. The maximum atomic E-state index is 5.40. The summed E-state index contributed by atoms with van der Waals surface area (Å²) in [7, 11) is 0. The van der Waals surface area contributed by atoms with Gasteiger partial charge in [-0.25, -0.2) is 4.98 Å². The van der Waals surface area contributed by atoms with Crippen molar-refractivity contribution in [1.29, 1.82) is 0 Å². The average Bonchev–Trinajstić information content (AvgIpc) is 3.34. The summed E-state index contributed by atoms with van der Waals surface area (Å²) in [6.45, 7) is 4.63. The zero-order valence-electron chi connectivity index (χ0n) is 14.9. The van der Waals surface area contributed by atoms with E-state index in [1.807, 2.05) is 30.5 Å². The minimum Gasteiger partial charge on any atom is -0.469 e. The van der Waals surface area contributed by atoms with Crippen LogP contribution in [0.2, 0.25) is 0 Å². The van der Waals surface area contributed by atoms with Gasteiger partial charge < -0.3 is 19.5 Å². The van der Waals surface area contributed by atoms with E-state index in [0.717, 1.165) is 56.7 Å². The molecule has 0 spiro atoms. The average molecular weight is 467 g/mol. The van der Waals surface area contributed by atoms with Gasteiger partial charge in [0.15, 0.2) is 5.96 Å². The third-order valence-electron chi connectivity index (χ3n) is 4.66. The molecule has 0 amide bonds. The molecule has 1 N–H and O–H groups in total. The maximum Gasteiger partial charge on any atom is 0.194 e. The Morgan fingerprint density at radius 3 is 2.65 bits per heavy atom. The van der Waals surface area contributed by atoms with E-state index in [-0.39, 0.29) is 24.0 Å². The van der Waals surface area contributed by atoms with Crippen LogP contribution in [0.25, 0.3) is 0 Å². The summed E-state index contributed by atoms with van der Waals surface area (Å²) in [4.78, 5) is 14.0. The van der Waals surface area contributed by atoms with Gasteiger partial charge in [-0.2, -0.15) is 0 Å². The van der Waals surface area contributed by atoms with Crippen LogP contribution < -0.4 is 10.2 Å². The lowest BCUT2D eigenvalue weighted by Gasteiger charge is -2.37. The van der Waals surface area contributed by atoms with Gasteiger partial charge in [0.25, 0.3) is 0 Å². The number of nitrogens with one attached hydrogen (secondary N) is 1. The highest BCUT2D eigenvalue weighted by Crippen LogP contribution is 2.20. The molecule has 2 fully saturated rings. The zero-order valence-corrected chi connectivity index (χ0v) is 17.2. The summed E-state index contributed by atoms with van der Waals surface area (Å²) < 4.78 is 5.40. The molecule has 1 saturated carbocycles. The fourth-order valence-electron chi connectivity index (χ4n) is 3.06. The predicted molar refractivity (Wildman–Crippen MR) is 114 cm³/mol. The number of pyridine rings is 1. The first-order valence-electron chi connectivity index (χ1n) is 9.13. The van der Waals surface area contributed by atoms with Crippen molar-refractivity contribution >= 4 is 35.8 Å². The third-order valence-corrected chi connectivity index (χ3v) is 4.66. The Labute approximate surface area is 171 Å². The second kappa shape index (κ2) is 9.25. The van der Waals surface area contributed by atoms with Crippen molar-refractivity contribution in [3.63, 3.8) is 0 Å². The molecule has 3 heterocycles. The van der Waals surface area contributed by atoms with Crippen molar-refractivity contribution in [3.05, 3.63) is 48.6 Å². The van der Waals surface area contributed by atoms with Crippen molar-refractivity contribution in [2.45, 2.75) is 25.3 Å². The van der Waals surface area contributed by atoms with Crippen LogP contribution in [-0.2, 0) is 6.42 Å². The Bertz CT molecular complexity index is 679. The van der Waals surface area contributed by atoms with Gasteiger partial charge in [0.1, 0.15) is 11.6 Å². The fourth-order valence-corrected chi connectivity index (χ4v) is 3.06. The number of nitrogens with zero attached hydrogens (tertiary/aromatic N) is 4. The number of hydrogen-bond acceptors (Lipinski definition) is 4. The maximum absolute atomic E-state index is 5.40. The van der Waals surface area contributed by atoms with Crippen molar-refractivity contribution in [3.8, 4) is 0 Å². The highest BCUT2D eigenvalue weighted by molar-refractivity contribution is 14.0. The quantitative estimate of drug-likeness (QED) is 0.417. The van der Waals surface area contributed by atoms with E-state index in [9.17, 15) is 0 Å². The topological polar surface area (TPSA) is 56.9 Å². The lowest BCUT2D eigenvalue weighted by molar-refractivity contribution is 0.370. The van der Waals surface area contributed by atoms with Crippen molar-refractivity contribution in [1.82, 2.24) is 15.2 Å². The van der Waals surface area contributed by atoms with Crippen molar-refractivity contribution in [2.24, 2.45) is 4.99 Å². The molecular weight excluding hydrogens is 441 g/mol. The summed E-state index contributed by atoms with van der Waals surface area (Å²) in [6, 6.07) is 10.6. The zero-order chi connectivity index (χ0) is 16.9. The van der Waals surface area contributed by atoms with Crippen LogP contribution in [0, 0.1) is 0 Å². The minimum atomic E-state index is 0. The van der Waals surface area contributed by atoms with E-state index < -0.39 is 0 Å². The first kappa shape index (κ1) is 19.0. The lowest BCUT2D eigenvalue weighted by atomic mass is 10.3. The van der Waals surface area contributed by atoms with Gasteiger partial charge in [0.05, 0.1) is 6.26 Å². The van der Waals surface area contributed by atoms with E-state index in [4.69, 9.17) is 9.41 Å². The van der Waals surface area contributed by atoms with Crippen LogP contribution in [0.15, 0.2) is 52.2 Å². The van der Waals surface area contributed by atoms with Crippen LogP contribution in [0.3, 0.4) is 0 Å². The van der Waals surface area contributed by atoms with Gasteiger partial charge in [-0.05, 0) is 37.1 Å². The van der Waals surface area contributed by atoms with Crippen LogP contribution in [0.4, 0.5) is 5.82 Å². The van der Waals surface area contributed by atoms with E-state index in [1.165, 1.54) is 12.8 Å². The Morgan fingerprint density at radius 1 is 1.15 bits per heavy atom. The highest BCUT2D eigenvalue weighted by atomic mass is 127. The summed E-state index contributed by atoms with van der Waals surface area (Å²) in [6.07, 6.45) is 6.93. The number of halogens is 1. The highest BCUT2D eigenvalue weighted by Gasteiger charge is 2.26. The first-order chi connectivity index (χ1) is 12.4. The standard InChI is InChI=1S/C19H25N5O.HI/c1-2-9-20-18(5-1)23-11-13-24(14-12-23)19(22-16-6-7-16)21-10-8-17-4-3-15-25-17;/h1-5,9,15-16H,6-8,10-14H2,(H,21,22);1H. The lowest BCUT2D eigenvalue weighted by Crippen LogP contribution is -2.53. The molecule has 0 unspecified atom stereocenters. The molecule has 0 radical (unpaired) electrons. The first-order valence-corrected chi connectivity index (χ1v) is 9.13. The Morgan fingerprint density at radius 2 is 2.00 bits per heavy atom. The molecule has 1 aliphatic carbocycles. The Kier molecular flexibility index (Phi) is 6.76. The number of aromatic nitrogens is 1. The molecule has 26 heavy (non-hydrogen) atoms. The minimum absolute atomic E-state index is 0. The van der Waals surface area contributed by atoms with Crippen LogP contribution in [0.5, 0.6) is 0 Å². The SMILES string of the molecule is I.c1ccc(N2CCN(C(=NCCc3ccco3)NC3CC3)CC2)nc1. The van der Waals surface area contributed by atoms with Gasteiger partial charge in [-0.3, -0.25) is 4.99 Å². The predicted octanol–water partition coefficient (Wildman–Crippen LogP) is 2.77. The number of aliphatic imine (C=N–C) groups is 1. The molecule has 7 heteroatoms.